The molecule has 1 amide bonds. The van der Waals surface area contributed by atoms with Gasteiger partial charge in [0.1, 0.15) is 0 Å². The largest absolute Gasteiger partial charge is 0.383 e. The number of methoxy groups -OCH3 is 1. The van der Waals surface area contributed by atoms with E-state index in [1.807, 2.05) is 19.1 Å². The highest BCUT2D eigenvalue weighted by molar-refractivity contribution is 9.09. The Kier molecular flexibility index (Phi) is 5.28. The van der Waals surface area contributed by atoms with Gasteiger partial charge < -0.3 is 10.1 Å². The van der Waals surface area contributed by atoms with Crippen molar-refractivity contribution in [3.05, 3.63) is 21.9 Å². The molecule has 15 heavy (non-hydrogen) atoms. The lowest BCUT2D eigenvalue weighted by Gasteiger charge is -2.14. The maximum atomic E-state index is 11.7. The number of carbonyl (C=O) groups excluding carboxylic acids is 1. The van der Waals surface area contributed by atoms with Crippen LogP contribution in [0.2, 0.25) is 0 Å². The number of carbonyl (C=O) groups is 1. The van der Waals surface area contributed by atoms with Crippen LogP contribution >= 0.6 is 27.3 Å². The number of amides is 1. The van der Waals surface area contributed by atoms with Gasteiger partial charge in [-0.25, -0.2) is 0 Å². The molecule has 1 atom stereocenters. The van der Waals surface area contributed by atoms with Crippen molar-refractivity contribution in [2.75, 3.05) is 19.0 Å². The van der Waals surface area contributed by atoms with E-state index in [1.54, 1.807) is 7.11 Å². The molecule has 5 heteroatoms. The molecule has 0 aliphatic rings. The van der Waals surface area contributed by atoms with Gasteiger partial charge in [0.2, 0.25) is 0 Å². The van der Waals surface area contributed by atoms with Crippen molar-refractivity contribution in [1.29, 1.82) is 0 Å². The van der Waals surface area contributed by atoms with E-state index in [-0.39, 0.29) is 11.9 Å². The summed E-state index contributed by atoms with van der Waals surface area (Å²) in [6.45, 7) is 2.50. The molecule has 3 nitrogen and oxygen atoms in total. The average molecular weight is 292 g/mol. The summed E-state index contributed by atoms with van der Waals surface area (Å²) in [5.41, 5.74) is 0. The number of halogens is 1. The zero-order valence-corrected chi connectivity index (χ0v) is 11.2. The van der Waals surface area contributed by atoms with Gasteiger partial charge in [-0.3, -0.25) is 4.79 Å². The molecule has 1 heterocycles. The molecule has 1 rings (SSSR count). The maximum absolute atomic E-state index is 11.7. The molecular weight excluding hydrogens is 278 g/mol. The Labute approximate surface area is 102 Å². The Bertz CT molecular complexity index is 327. The van der Waals surface area contributed by atoms with Gasteiger partial charge in [0.05, 0.1) is 17.5 Å². The summed E-state index contributed by atoms with van der Waals surface area (Å²) in [4.78, 5) is 13.6. The minimum absolute atomic E-state index is 0.0184. The number of ether oxygens (including phenoxy) is 1. The normalized spacial score (nSPS) is 12.5. The predicted octanol–water partition coefficient (Wildman–Crippen LogP) is 2.20. The van der Waals surface area contributed by atoms with Gasteiger partial charge in [0, 0.05) is 17.3 Å². The predicted molar refractivity (Wildman–Crippen MR) is 66.0 cm³/mol. The number of nitrogens with one attached hydrogen (secondary N) is 1. The van der Waals surface area contributed by atoms with Crippen molar-refractivity contribution < 1.29 is 9.53 Å². The number of aryl methyl sites for hydroxylation is 1. The summed E-state index contributed by atoms with van der Waals surface area (Å²) in [7, 11) is 1.62. The molecular formula is C10H14BrNO2S. The zero-order chi connectivity index (χ0) is 11.3. The van der Waals surface area contributed by atoms with Crippen molar-refractivity contribution >= 4 is 33.2 Å². The van der Waals surface area contributed by atoms with Crippen molar-refractivity contribution in [3.8, 4) is 0 Å². The molecule has 1 aromatic rings. The molecule has 84 valence electrons. The fraction of sp³-hybridized carbons (Fsp3) is 0.500. The van der Waals surface area contributed by atoms with Gasteiger partial charge in [0.15, 0.2) is 0 Å². The molecule has 0 aliphatic carbocycles. The third-order valence-electron chi connectivity index (χ3n) is 1.85. The average Bonchev–Trinajstić information content (AvgIpc) is 2.64. The molecule has 0 bridgehead atoms. The van der Waals surface area contributed by atoms with Crippen LogP contribution in [0.3, 0.4) is 0 Å². The number of rotatable bonds is 5. The van der Waals surface area contributed by atoms with Gasteiger partial charge in [-0.1, -0.05) is 15.9 Å². The first-order valence-corrected chi connectivity index (χ1v) is 6.53. The van der Waals surface area contributed by atoms with Crippen molar-refractivity contribution in [1.82, 2.24) is 5.32 Å². The van der Waals surface area contributed by atoms with E-state index in [0.29, 0.717) is 11.9 Å². The first-order valence-electron chi connectivity index (χ1n) is 4.59. The quantitative estimate of drug-likeness (QED) is 0.845. The standard InChI is InChI=1S/C10H14BrNO2S/c1-7-3-4-9(15-7)10(13)12-8(5-11)6-14-2/h3-4,8H,5-6H2,1-2H3,(H,12,13). The maximum Gasteiger partial charge on any atom is 0.261 e. The lowest BCUT2D eigenvalue weighted by Crippen LogP contribution is -2.38. The highest BCUT2D eigenvalue weighted by Crippen LogP contribution is 2.14. The summed E-state index contributed by atoms with van der Waals surface area (Å²) in [6, 6.07) is 3.80. The molecule has 1 N–H and O–H groups in total. The third kappa shape index (κ3) is 3.93. The Morgan fingerprint density at radius 1 is 1.67 bits per heavy atom. The van der Waals surface area contributed by atoms with Crippen LogP contribution in [0.1, 0.15) is 14.5 Å². The second-order valence-electron chi connectivity index (χ2n) is 3.19. The van der Waals surface area contributed by atoms with Gasteiger partial charge in [-0.15, -0.1) is 11.3 Å². The molecule has 0 radical (unpaired) electrons. The van der Waals surface area contributed by atoms with E-state index >= 15 is 0 Å². The van der Waals surface area contributed by atoms with Crippen LogP contribution < -0.4 is 5.32 Å². The fourth-order valence-corrected chi connectivity index (χ4v) is 2.26. The second kappa shape index (κ2) is 6.25. The van der Waals surface area contributed by atoms with Crippen molar-refractivity contribution in [3.63, 3.8) is 0 Å². The van der Waals surface area contributed by atoms with Crippen LogP contribution in [0.25, 0.3) is 0 Å². The molecule has 0 aliphatic heterocycles. The summed E-state index contributed by atoms with van der Waals surface area (Å²) in [5, 5.41) is 3.59. The van der Waals surface area contributed by atoms with Crippen LogP contribution in [-0.4, -0.2) is 31.0 Å². The Balaban J connectivity index is 2.54. The smallest absolute Gasteiger partial charge is 0.261 e. The molecule has 1 unspecified atom stereocenters. The number of thiophene rings is 1. The van der Waals surface area contributed by atoms with Gasteiger partial charge in [-0.05, 0) is 19.1 Å². The SMILES string of the molecule is COCC(CBr)NC(=O)c1ccc(C)s1. The summed E-state index contributed by atoms with van der Waals surface area (Å²) >= 11 is 4.83. The molecule has 0 saturated heterocycles. The van der Waals surface area contributed by atoms with E-state index in [2.05, 4.69) is 21.2 Å². The lowest BCUT2D eigenvalue weighted by atomic mass is 10.3. The highest BCUT2D eigenvalue weighted by atomic mass is 79.9. The van der Waals surface area contributed by atoms with Crippen molar-refractivity contribution in [2.24, 2.45) is 0 Å². The van der Waals surface area contributed by atoms with E-state index in [0.717, 1.165) is 9.75 Å². The highest BCUT2D eigenvalue weighted by Gasteiger charge is 2.13. The van der Waals surface area contributed by atoms with Crippen LogP contribution in [0, 0.1) is 6.92 Å². The monoisotopic (exact) mass is 291 g/mol. The van der Waals surface area contributed by atoms with Gasteiger partial charge >= 0.3 is 0 Å². The Hall–Kier alpha value is -0.390. The molecule has 1 aromatic heterocycles. The minimum Gasteiger partial charge on any atom is -0.383 e. The van der Waals surface area contributed by atoms with E-state index in [9.17, 15) is 4.79 Å². The minimum atomic E-state index is -0.0328. The summed E-state index contributed by atoms with van der Waals surface area (Å²) in [6.07, 6.45) is 0. The Morgan fingerprint density at radius 2 is 2.40 bits per heavy atom. The molecule has 0 fully saturated rings. The van der Waals surface area contributed by atoms with Crippen LogP contribution in [0.4, 0.5) is 0 Å². The lowest BCUT2D eigenvalue weighted by molar-refractivity contribution is 0.0912. The molecule has 0 saturated carbocycles. The zero-order valence-electron chi connectivity index (χ0n) is 8.75. The summed E-state index contributed by atoms with van der Waals surface area (Å²) < 4.78 is 5.00. The van der Waals surface area contributed by atoms with Gasteiger partial charge in [-0.2, -0.15) is 0 Å². The Morgan fingerprint density at radius 3 is 2.87 bits per heavy atom. The van der Waals surface area contributed by atoms with Crippen LogP contribution in [-0.2, 0) is 4.74 Å². The van der Waals surface area contributed by atoms with E-state index < -0.39 is 0 Å². The van der Waals surface area contributed by atoms with Crippen molar-refractivity contribution in [2.45, 2.75) is 13.0 Å². The fourth-order valence-electron chi connectivity index (χ4n) is 1.14. The van der Waals surface area contributed by atoms with Crippen LogP contribution in [0.5, 0.6) is 0 Å². The molecule has 0 spiro atoms. The number of alkyl halides is 1. The topological polar surface area (TPSA) is 38.3 Å². The number of hydrogen-bond donors (Lipinski definition) is 1. The third-order valence-corrected chi connectivity index (χ3v) is 3.63. The number of hydrogen-bond acceptors (Lipinski definition) is 3. The summed E-state index contributed by atoms with van der Waals surface area (Å²) in [5.74, 6) is -0.0328. The van der Waals surface area contributed by atoms with E-state index in [1.165, 1.54) is 11.3 Å². The second-order valence-corrected chi connectivity index (χ2v) is 5.13. The van der Waals surface area contributed by atoms with Gasteiger partial charge in [0.25, 0.3) is 5.91 Å². The molecule has 0 aromatic carbocycles. The first kappa shape index (κ1) is 12.7. The first-order chi connectivity index (χ1) is 7.17. The van der Waals surface area contributed by atoms with E-state index in [4.69, 9.17) is 4.74 Å². The van der Waals surface area contributed by atoms with Crippen LogP contribution in [0.15, 0.2) is 12.1 Å².